The molecule has 1 aliphatic carbocycles. The summed E-state index contributed by atoms with van der Waals surface area (Å²) in [5.41, 5.74) is 2.99. The summed E-state index contributed by atoms with van der Waals surface area (Å²) >= 11 is 7.22. The number of amides is 1. The van der Waals surface area contributed by atoms with Crippen LogP contribution in [0.2, 0.25) is 5.02 Å². The van der Waals surface area contributed by atoms with Crippen LogP contribution in [0.15, 0.2) is 23.1 Å². The predicted octanol–water partition coefficient (Wildman–Crippen LogP) is 2.73. The molecule has 138 valence electrons. The minimum absolute atomic E-state index is 0.0550. The maximum atomic E-state index is 12.3. The molecule has 0 unspecified atom stereocenters. The second-order valence-electron chi connectivity index (χ2n) is 5.78. The molecule has 0 aliphatic heterocycles. The Bertz CT molecular complexity index is 995. The molecular formula is C15H14ClN3O5S2. The van der Waals surface area contributed by atoms with Crippen molar-refractivity contribution in [2.24, 2.45) is 0 Å². The van der Waals surface area contributed by atoms with E-state index in [-0.39, 0.29) is 10.6 Å². The number of hydrazine groups is 1. The van der Waals surface area contributed by atoms with Gasteiger partial charge in [-0.05, 0) is 43.9 Å². The summed E-state index contributed by atoms with van der Waals surface area (Å²) in [6, 6.07) is 3.75. The van der Waals surface area contributed by atoms with E-state index in [4.69, 9.17) is 11.6 Å². The van der Waals surface area contributed by atoms with Crippen molar-refractivity contribution in [2.75, 3.05) is 0 Å². The van der Waals surface area contributed by atoms with Crippen molar-refractivity contribution in [1.29, 1.82) is 0 Å². The van der Waals surface area contributed by atoms with Gasteiger partial charge < -0.3 is 0 Å². The fourth-order valence-corrected chi connectivity index (χ4v) is 4.97. The Hall–Kier alpha value is -2.01. The van der Waals surface area contributed by atoms with Crippen LogP contribution in [0, 0.1) is 17.0 Å². The highest BCUT2D eigenvalue weighted by atomic mass is 35.5. The molecule has 1 amide bonds. The van der Waals surface area contributed by atoms with E-state index in [9.17, 15) is 23.3 Å². The largest absolute Gasteiger partial charge is 0.276 e. The van der Waals surface area contributed by atoms with E-state index in [2.05, 4.69) is 5.43 Å². The van der Waals surface area contributed by atoms with E-state index in [1.54, 1.807) is 6.07 Å². The standard InChI is InChI=1S/C15H14ClN3O5S2/c1-8-11(16)6-10(7-12(8)19(21)22)26(23,24)18-17-15(20)14-5-9-3-2-4-13(9)25-14/h5-7,18H,2-4H2,1H3,(H,17,20). The third-order valence-electron chi connectivity index (χ3n) is 4.07. The molecule has 8 nitrogen and oxygen atoms in total. The zero-order valence-corrected chi connectivity index (χ0v) is 15.9. The maximum Gasteiger partial charge on any atom is 0.276 e. The van der Waals surface area contributed by atoms with E-state index in [0.717, 1.165) is 41.8 Å². The monoisotopic (exact) mass is 415 g/mol. The van der Waals surface area contributed by atoms with Crippen molar-refractivity contribution >= 4 is 44.6 Å². The van der Waals surface area contributed by atoms with Gasteiger partial charge in [0.1, 0.15) is 0 Å². The van der Waals surface area contributed by atoms with Crippen molar-refractivity contribution in [3.05, 3.63) is 54.2 Å². The van der Waals surface area contributed by atoms with Crippen molar-refractivity contribution in [2.45, 2.75) is 31.1 Å². The Kier molecular flexibility index (Phi) is 5.02. The molecule has 2 N–H and O–H groups in total. The van der Waals surface area contributed by atoms with Gasteiger partial charge in [-0.25, -0.2) is 8.42 Å². The van der Waals surface area contributed by atoms with Crippen LogP contribution in [-0.2, 0) is 22.9 Å². The Balaban J connectivity index is 1.78. The number of nitro groups is 1. The second-order valence-corrected chi connectivity index (χ2v) is 9.00. The van der Waals surface area contributed by atoms with E-state index >= 15 is 0 Å². The lowest BCUT2D eigenvalue weighted by atomic mass is 10.2. The molecule has 11 heteroatoms. The first-order valence-electron chi connectivity index (χ1n) is 7.57. The Morgan fingerprint density at radius 2 is 2.04 bits per heavy atom. The predicted molar refractivity (Wildman–Crippen MR) is 97.0 cm³/mol. The SMILES string of the molecule is Cc1c(Cl)cc(S(=O)(=O)NNC(=O)c2cc3c(s2)CCC3)cc1[N+](=O)[O-]. The lowest BCUT2D eigenvalue weighted by Crippen LogP contribution is -2.41. The normalized spacial score (nSPS) is 13.5. The number of sulfonamides is 1. The number of nitrogens with zero attached hydrogens (tertiary/aromatic N) is 1. The summed E-state index contributed by atoms with van der Waals surface area (Å²) in [6.45, 7) is 1.42. The van der Waals surface area contributed by atoms with Gasteiger partial charge in [0.15, 0.2) is 0 Å². The molecule has 0 fully saturated rings. The minimum Gasteiger partial charge on any atom is -0.273 e. The summed E-state index contributed by atoms with van der Waals surface area (Å²) in [4.78, 5) is 25.6. The van der Waals surface area contributed by atoms with E-state index in [0.29, 0.717) is 4.88 Å². The first-order valence-corrected chi connectivity index (χ1v) is 10.2. The first kappa shape index (κ1) is 18.8. The zero-order chi connectivity index (χ0) is 19.1. The number of halogens is 1. The highest BCUT2D eigenvalue weighted by molar-refractivity contribution is 7.89. The number of carbonyl (C=O) groups is 1. The molecule has 0 bridgehead atoms. The number of fused-ring (bicyclic) bond motifs is 1. The molecule has 1 aliphatic rings. The number of nitrogens with one attached hydrogen (secondary N) is 2. The van der Waals surface area contributed by atoms with Gasteiger partial charge in [0.25, 0.3) is 21.6 Å². The van der Waals surface area contributed by atoms with Crippen LogP contribution >= 0.6 is 22.9 Å². The summed E-state index contributed by atoms with van der Waals surface area (Å²) in [5, 5.41) is 11.0. The van der Waals surface area contributed by atoms with Crippen molar-refractivity contribution in [3.63, 3.8) is 0 Å². The molecule has 3 rings (SSSR count). The number of benzene rings is 1. The second kappa shape index (κ2) is 6.95. The number of carbonyl (C=O) groups excluding carboxylic acids is 1. The van der Waals surface area contributed by atoms with Crippen LogP contribution in [0.1, 0.15) is 32.1 Å². The van der Waals surface area contributed by atoms with Gasteiger partial charge in [0.2, 0.25) is 0 Å². The molecule has 1 aromatic heterocycles. The fourth-order valence-electron chi connectivity index (χ4n) is 2.66. The molecular weight excluding hydrogens is 402 g/mol. The number of thiophene rings is 1. The number of hydrogen-bond donors (Lipinski definition) is 2. The number of nitro benzene ring substituents is 1. The van der Waals surface area contributed by atoms with Gasteiger partial charge in [-0.15, -0.1) is 16.2 Å². The third kappa shape index (κ3) is 3.58. The van der Waals surface area contributed by atoms with Crippen LogP contribution in [0.4, 0.5) is 5.69 Å². The molecule has 0 atom stereocenters. The van der Waals surface area contributed by atoms with E-state index in [1.807, 2.05) is 4.83 Å². The van der Waals surface area contributed by atoms with Crippen molar-refractivity contribution in [1.82, 2.24) is 10.3 Å². The molecule has 1 aromatic carbocycles. The van der Waals surface area contributed by atoms with Crippen molar-refractivity contribution < 1.29 is 18.1 Å². The van der Waals surface area contributed by atoms with Crippen molar-refractivity contribution in [3.8, 4) is 0 Å². The topological polar surface area (TPSA) is 118 Å². The van der Waals surface area contributed by atoms with Gasteiger partial charge in [0.05, 0.1) is 19.7 Å². The van der Waals surface area contributed by atoms with E-state index in [1.165, 1.54) is 18.3 Å². The van der Waals surface area contributed by atoms with E-state index < -0.39 is 31.4 Å². The Morgan fingerprint density at radius 1 is 1.31 bits per heavy atom. The van der Waals surface area contributed by atoms with Gasteiger partial charge in [-0.3, -0.25) is 20.3 Å². The van der Waals surface area contributed by atoms with Gasteiger partial charge in [-0.1, -0.05) is 11.6 Å². The van der Waals surface area contributed by atoms with Gasteiger partial charge in [0, 0.05) is 16.5 Å². The lowest BCUT2D eigenvalue weighted by molar-refractivity contribution is -0.385. The smallest absolute Gasteiger partial charge is 0.273 e. The van der Waals surface area contributed by atoms with Crippen LogP contribution in [-0.4, -0.2) is 19.2 Å². The average Bonchev–Trinajstić information content (AvgIpc) is 3.16. The molecule has 0 radical (unpaired) electrons. The maximum absolute atomic E-state index is 12.3. The molecule has 0 saturated carbocycles. The molecule has 0 spiro atoms. The summed E-state index contributed by atoms with van der Waals surface area (Å²) in [7, 11) is -4.22. The quantitative estimate of drug-likeness (QED) is 0.574. The minimum atomic E-state index is -4.22. The molecule has 26 heavy (non-hydrogen) atoms. The third-order valence-corrected chi connectivity index (χ3v) is 6.92. The van der Waals surface area contributed by atoms with Crippen LogP contribution in [0.25, 0.3) is 0 Å². The Morgan fingerprint density at radius 3 is 2.69 bits per heavy atom. The number of hydrogen-bond acceptors (Lipinski definition) is 6. The number of aryl methyl sites for hydroxylation is 2. The van der Waals surface area contributed by atoms with Crippen LogP contribution in [0.3, 0.4) is 0 Å². The first-order chi connectivity index (χ1) is 12.2. The van der Waals surface area contributed by atoms with Crippen LogP contribution in [0.5, 0.6) is 0 Å². The lowest BCUT2D eigenvalue weighted by Gasteiger charge is -2.09. The highest BCUT2D eigenvalue weighted by Crippen LogP contribution is 2.31. The fraction of sp³-hybridized carbons (Fsp3) is 0.267. The van der Waals surface area contributed by atoms with Gasteiger partial charge >= 0.3 is 0 Å². The van der Waals surface area contributed by atoms with Crippen LogP contribution < -0.4 is 10.3 Å². The van der Waals surface area contributed by atoms with Gasteiger partial charge in [-0.2, -0.15) is 0 Å². The zero-order valence-electron chi connectivity index (χ0n) is 13.5. The summed E-state index contributed by atoms with van der Waals surface area (Å²) in [5.74, 6) is -0.583. The molecule has 2 aromatic rings. The summed E-state index contributed by atoms with van der Waals surface area (Å²) in [6.07, 6.45) is 2.89. The number of rotatable bonds is 5. The molecule has 0 saturated heterocycles. The highest BCUT2D eigenvalue weighted by Gasteiger charge is 2.24. The average molecular weight is 416 g/mol. The summed E-state index contributed by atoms with van der Waals surface area (Å²) < 4.78 is 24.7. The molecule has 1 heterocycles. The Labute approximate surface area is 158 Å².